The Labute approximate surface area is 112 Å². The van der Waals surface area contributed by atoms with Crippen LogP contribution in [0.3, 0.4) is 0 Å². The first-order chi connectivity index (χ1) is 8.55. The van der Waals surface area contributed by atoms with E-state index in [4.69, 9.17) is 0 Å². The summed E-state index contributed by atoms with van der Waals surface area (Å²) in [6, 6.07) is 4.95. The van der Waals surface area contributed by atoms with Crippen molar-refractivity contribution in [1.29, 1.82) is 0 Å². The molecule has 0 aliphatic heterocycles. The number of rotatable bonds is 3. The standard InChI is InChI=1S/C13H17F2NO2S/c1-9-5-4-6-11(10(9)2)19(17,18)16-12(3)7-13(14,15)8-12/h4-6,16H,7-8H2,1-3H3. The molecule has 1 aliphatic carbocycles. The summed E-state index contributed by atoms with van der Waals surface area (Å²) in [5.74, 6) is -2.76. The zero-order valence-corrected chi connectivity index (χ0v) is 11.9. The lowest BCUT2D eigenvalue weighted by Crippen LogP contribution is -2.60. The first-order valence-corrected chi connectivity index (χ1v) is 7.51. The highest BCUT2D eigenvalue weighted by Gasteiger charge is 2.55. The van der Waals surface area contributed by atoms with Crippen LogP contribution in [0.2, 0.25) is 0 Å². The van der Waals surface area contributed by atoms with Gasteiger partial charge in [0.1, 0.15) is 0 Å². The SMILES string of the molecule is Cc1cccc(S(=O)(=O)NC2(C)CC(F)(F)C2)c1C. The maximum atomic E-state index is 12.9. The van der Waals surface area contributed by atoms with Gasteiger partial charge in [0, 0.05) is 18.4 Å². The molecule has 0 amide bonds. The molecule has 3 nitrogen and oxygen atoms in total. The molecule has 1 fully saturated rings. The Kier molecular flexibility index (Phi) is 3.22. The van der Waals surface area contributed by atoms with Gasteiger partial charge in [-0.3, -0.25) is 0 Å². The number of sulfonamides is 1. The zero-order chi connectivity index (χ0) is 14.5. The van der Waals surface area contributed by atoms with Crippen LogP contribution in [0.4, 0.5) is 8.78 Å². The Balaban J connectivity index is 2.27. The molecule has 0 bridgehead atoms. The molecule has 2 rings (SSSR count). The molecule has 0 atom stereocenters. The van der Waals surface area contributed by atoms with E-state index in [1.54, 1.807) is 13.0 Å². The minimum Gasteiger partial charge on any atom is -0.207 e. The molecule has 1 saturated carbocycles. The van der Waals surface area contributed by atoms with Gasteiger partial charge in [-0.15, -0.1) is 0 Å². The molecule has 0 aromatic heterocycles. The van der Waals surface area contributed by atoms with Crippen LogP contribution in [0.25, 0.3) is 0 Å². The summed E-state index contributed by atoms with van der Waals surface area (Å²) < 4.78 is 52.8. The summed E-state index contributed by atoms with van der Waals surface area (Å²) in [4.78, 5) is 0.156. The minimum atomic E-state index is -3.77. The molecular formula is C13H17F2NO2S. The lowest BCUT2D eigenvalue weighted by atomic mass is 9.76. The van der Waals surface area contributed by atoms with E-state index in [-0.39, 0.29) is 4.90 Å². The average molecular weight is 289 g/mol. The van der Waals surface area contributed by atoms with E-state index in [1.165, 1.54) is 13.0 Å². The number of aryl methyl sites for hydroxylation is 1. The molecular weight excluding hydrogens is 272 g/mol. The van der Waals surface area contributed by atoms with E-state index < -0.39 is 34.3 Å². The van der Waals surface area contributed by atoms with Crippen molar-refractivity contribution in [2.24, 2.45) is 0 Å². The van der Waals surface area contributed by atoms with E-state index in [0.717, 1.165) is 5.56 Å². The van der Waals surface area contributed by atoms with Crippen molar-refractivity contribution >= 4 is 10.0 Å². The molecule has 1 aliphatic rings. The minimum absolute atomic E-state index is 0.156. The predicted molar refractivity (Wildman–Crippen MR) is 68.8 cm³/mol. The number of hydrogen-bond acceptors (Lipinski definition) is 2. The summed E-state index contributed by atoms with van der Waals surface area (Å²) in [6.45, 7) is 5.03. The molecule has 106 valence electrons. The Morgan fingerprint density at radius 2 is 1.79 bits per heavy atom. The molecule has 0 saturated heterocycles. The monoisotopic (exact) mass is 289 g/mol. The molecule has 0 heterocycles. The van der Waals surface area contributed by atoms with Gasteiger partial charge in [-0.25, -0.2) is 21.9 Å². The first-order valence-electron chi connectivity index (χ1n) is 6.03. The highest BCUT2D eigenvalue weighted by molar-refractivity contribution is 7.89. The van der Waals surface area contributed by atoms with Gasteiger partial charge in [-0.05, 0) is 38.0 Å². The van der Waals surface area contributed by atoms with Gasteiger partial charge in [0.2, 0.25) is 10.0 Å². The van der Waals surface area contributed by atoms with Crippen LogP contribution in [-0.4, -0.2) is 19.9 Å². The van der Waals surface area contributed by atoms with Gasteiger partial charge < -0.3 is 0 Å². The summed E-state index contributed by atoms with van der Waals surface area (Å²) in [5.41, 5.74) is 0.440. The number of benzene rings is 1. The lowest BCUT2D eigenvalue weighted by molar-refractivity contribution is -0.121. The molecule has 0 spiro atoms. The third kappa shape index (κ3) is 2.79. The van der Waals surface area contributed by atoms with Gasteiger partial charge in [0.05, 0.1) is 4.90 Å². The van der Waals surface area contributed by atoms with Gasteiger partial charge >= 0.3 is 0 Å². The van der Waals surface area contributed by atoms with Crippen molar-refractivity contribution in [1.82, 2.24) is 4.72 Å². The molecule has 19 heavy (non-hydrogen) atoms. The zero-order valence-electron chi connectivity index (χ0n) is 11.1. The number of alkyl halides is 2. The van der Waals surface area contributed by atoms with Gasteiger partial charge in [-0.1, -0.05) is 12.1 Å². The van der Waals surface area contributed by atoms with E-state index >= 15 is 0 Å². The van der Waals surface area contributed by atoms with E-state index in [2.05, 4.69) is 4.72 Å². The van der Waals surface area contributed by atoms with Gasteiger partial charge in [0.25, 0.3) is 5.92 Å². The van der Waals surface area contributed by atoms with Crippen molar-refractivity contribution < 1.29 is 17.2 Å². The Morgan fingerprint density at radius 1 is 1.21 bits per heavy atom. The second kappa shape index (κ2) is 4.24. The van der Waals surface area contributed by atoms with Crippen molar-refractivity contribution in [2.75, 3.05) is 0 Å². The fourth-order valence-electron chi connectivity index (χ4n) is 2.56. The third-order valence-electron chi connectivity index (χ3n) is 3.52. The van der Waals surface area contributed by atoms with Gasteiger partial charge in [0.15, 0.2) is 0 Å². The molecule has 0 unspecified atom stereocenters. The van der Waals surface area contributed by atoms with Crippen LogP contribution in [-0.2, 0) is 10.0 Å². The lowest BCUT2D eigenvalue weighted by Gasteiger charge is -2.44. The van der Waals surface area contributed by atoms with Crippen LogP contribution < -0.4 is 4.72 Å². The summed E-state index contributed by atoms with van der Waals surface area (Å²) in [7, 11) is -3.77. The summed E-state index contributed by atoms with van der Waals surface area (Å²) in [6.07, 6.45) is -0.909. The van der Waals surface area contributed by atoms with Crippen LogP contribution in [0.1, 0.15) is 30.9 Å². The number of nitrogens with one attached hydrogen (secondary N) is 1. The highest BCUT2D eigenvalue weighted by atomic mass is 32.2. The Hall–Kier alpha value is -1.01. The third-order valence-corrected chi connectivity index (χ3v) is 5.31. The van der Waals surface area contributed by atoms with Crippen LogP contribution in [0, 0.1) is 13.8 Å². The molecule has 1 aromatic carbocycles. The topological polar surface area (TPSA) is 46.2 Å². The van der Waals surface area contributed by atoms with Crippen LogP contribution in [0.15, 0.2) is 23.1 Å². The second-order valence-electron chi connectivity index (χ2n) is 5.57. The second-order valence-corrected chi connectivity index (χ2v) is 7.22. The summed E-state index contributed by atoms with van der Waals surface area (Å²) in [5, 5.41) is 0. The van der Waals surface area contributed by atoms with Crippen molar-refractivity contribution in [3.8, 4) is 0 Å². The molecule has 0 radical (unpaired) electrons. The quantitative estimate of drug-likeness (QED) is 0.930. The van der Waals surface area contributed by atoms with E-state index in [0.29, 0.717) is 5.56 Å². The predicted octanol–water partition coefficient (Wildman–Crippen LogP) is 2.77. The maximum absolute atomic E-state index is 12.9. The Bertz CT molecular complexity index is 603. The van der Waals surface area contributed by atoms with Gasteiger partial charge in [-0.2, -0.15) is 0 Å². The number of hydrogen-bond donors (Lipinski definition) is 1. The maximum Gasteiger partial charge on any atom is 0.251 e. The molecule has 1 N–H and O–H groups in total. The van der Waals surface area contributed by atoms with E-state index in [9.17, 15) is 17.2 Å². The molecule has 6 heteroatoms. The highest BCUT2D eigenvalue weighted by Crippen LogP contribution is 2.45. The van der Waals surface area contributed by atoms with Crippen molar-refractivity contribution in [2.45, 2.75) is 50.0 Å². The van der Waals surface area contributed by atoms with Crippen LogP contribution in [0.5, 0.6) is 0 Å². The molecule has 1 aromatic rings. The van der Waals surface area contributed by atoms with Crippen molar-refractivity contribution in [3.05, 3.63) is 29.3 Å². The Morgan fingerprint density at radius 3 is 2.32 bits per heavy atom. The number of halogens is 2. The fraction of sp³-hybridized carbons (Fsp3) is 0.538. The summed E-state index contributed by atoms with van der Waals surface area (Å²) >= 11 is 0. The first kappa shape index (κ1) is 14.4. The average Bonchev–Trinajstić information content (AvgIpc) is 2.17. The smallest absolute Gasteiger partial charge is 0.207 e. The fourth-order valence-corrected chi connectivity index (χ4v) is 4.28. The largest absolute Gasteiger partial charge is 0.251 e. The van der Waals surface area contributed by atoms with Crippen LogP contribution >= 0.6 is 0 Å². The van der Waals surface area contributed by atoms with E-state index in [1.807, 2.05) is 13.0 Å². The normalized spacial score (nSPS) is 20.9. The van der Waals surface area contributed by atoms with Crippen molar-refractivity contribution in [3.63, 3.8) is 0 Å².